The van der Waals surface area contributed by atoms with Crippen LogP contribution in [0.3, 0.4) is 0 Å². The van der Waals surface area contributed by atoms with Crippen LogP contribution in [0.2, 0.25) is 0 Å². The van der Waals surface area contributed by atoms with Gasteiger partial charge in [0.25, 0.3) is 0 Å². The largest absolute Gasteiger partial charge is 0.395 e. The normalized spacial score (nSPS) is 20.7. The first-order chi connectivity index (χ1) is 5.29. The molecule has 0 saturated heterocycles. The van der Waals surface area contributed by atoms with Crippen LogP contribution in [0.1, 0.15) is 12.8 Å². The topological polar surface area (TPSA) is 49.5 Å². The Kier molecular flexibility index (Phi) is 3.30. The summed E-state index contributed by atoms with van der Waals surface area (Å²) in [6.07, 6.45) is 2.63. The fourth-order valence-corrected chi connectivity index (χ4v) is 1.54. The van der Waals surface area contributed by atoms with Crippen molar-refractivity contribution in [3.8, 4) is 0 Å². The Morgan fingerprint density at radius 2 is 2.27 bits per heavy atom. The Morgan fingerprint density at radius 3 is 2.64 bits per heavy atom. The second-order valence-corrected chi connectivity index (χ2v) is 3.34. The van der Waals surface area contributed by atoms with Crippen LogP contribution in [0.5, 0.6) is 0 Å². The number of hydrogen-bond acceptors (Lipinski definition) is 3. The standard InChI is InChI=1S/C8H18N2O/c1-10(4-5-11)8(6-9)7-2-3-7/h7-8,11H,2-6,9H2,1H3. The second kappa shape index (κ2) is 4.04. The fourth-order valence-electron chi connectivity index (χ4n) is 1.54. The molecule has 0 heterocycles. The predicted octanol–water partition coefficient (Wildman–Crippen LogP) is -0.352. The maximum atomic E-state index is 8.70. The molecule has 3 nitrogen and oxygen atoms in total. The molecule has 0 aromatic rings. The van der Waals surface area contributed by atoms with Crippen LogP contribution in [0.25, 0.3) is 0 Å². The van der Waals surface area contributed by atoms with E-state index in [1.165, 1.54) is 12.8 Å². The van der Waals surface area contributed by atoms with Gasteiger partial charge in [-0.15, -0.1) is 0 Å². The minimum absolute atomic E-state index is 0.236. The Hall–Kier alpha value is -0.120. The molecule has 1 rings (SSSR count). The summed E-state index contributed by atoms with van der Waals surface area (Å²) in [6.45, 7) is 1.71. The van der Waals surface area contributed by atoms with Gasteiger partial charge in [-0.25, -0.2) is 0 Å². The first-order valence-electron chi connectivity index (χ1n) is 4.30. The van der Waals surface area contributed by atoms with E-state index in [4.69, 9.17) is 10.8 Å². The number of aliphatic hydroxyl groups excluding tert-OH is 1. The van der Waals surface area contributed by atoms with Crippen LogP contribution in [-0.4, -0.2) is 42.8 Å². The van der Waals surface area contributed by atoms with Crippen LogP contribution in [0.15, 0.2) is 0 Å². The summed E-state index contributed by atoms with van der Waals surface area (Å²) in [4.78, 5) is 2.16. The molecule has 1 saturated carbocycles. The molecule has 1 atom stereocenters. The second-order valence-electron chi connectivity index (χ2n) is 3.34. The SMILES string of the molecule is CN(CCO)C(CN)C1CC1. The number of aliphatic hydroxyl groups is 1. The van der Waals surface area contributed by atoms with E-state index >= 15 is 0 Å². The molecule has 0 aromatic heterocycles. The van der Waals surface area contributed by atoms with E-state index in [9.17, 15) is 0 Å². The lowest BCUT2D eigenvalue weighted by Crippen LogP contribution is -2.40. The molecule has 3 N–H and O–H groups in total. The molecule has 0 aromatic carbocycles. The van der Waals surface area contributed by atoms with Crippen LogP contribution in [-0.2, 0) is 0 Å². The fraction of sp³-hybridized carbons (Fsp3) is 1.00. The molecular formula is C8H18N2O. The van der Waals surface area contributed by atoms with Crippen molar-refractivity contribution in [2.45, 2.75) is 18.9 Å². The summed E-state index contributed by atoms with van der Waals surface area (Å²) in [5.74, 6) is 0.802. The summed E-state index contributed by atoms with van der Waals surface area (Å²) < 4.78 is 0. The smallest absolute Gasteiger partial charge is 0.0558 e. The average Bonchev–Trinajstić information content (AvgIpc) is 2.73. The van der Waals surface area contributed by atoms with Crippen LogP contribution >= 0.6 is 0 Å². The summed E-state index contributed by atoms with van der Waals surface area (Å²) in [5, 5.41) is 8.70. The third-order valence-electron chi connectivity index (χ3n) is 2.43. The predicted molar refractivity (Wildman–Crippen MR) is 45.3 cm³/mol. The van der Waals surface area contributed by atoms with Gasteiger partial charge in [0, 0.05) is 19.1 Å². The first kappa shape index (κ1) is 8.97. The molecule has 0 amide bonds. The molecule has 1 aliphatic rings. The van der Waals surface area contributed by atoms with Crippen molar-refractivity contribution < 1.29 is 5.11 Å². The molecule has 1 unspecified atom stereocenters. The molecule has 0 radical (unpaired) electrons. The van der Waals surface area contributed by atoms with Gasteiger partial charge in [-0.05, 0) is 25.8 Å². The first-order valence-corrected chi connectivity index (χ1v) is 4.30. The van der Waals surface area contributed by atoms with Crippen LogP contribution in [0.4, 0.5) is 0 Å². The third kappa shape index (κ3) is 2.43. The zero-order valence-corrected chi connectivity index (χ0v) is 7.16. The van der Waals surface area contributed by atoms with Gasteiger partial charge in [0.1, 0.15) is 0 Å². The highest BCUT2D eigenvalue weighted by molar-refractivity contribution is 4.87. The lowest BCUT2D eigenvalue weighted by Gasteiger charge is -2.25. The van der Waals surface area contributed by atoms with Gasteiger partial charge in [-0.1, -0.05) is 0 Å². The van der Waals surface area contributed by atoms with Gasteiger partial charge >= 0.3 is 0 Å². The highest BCUT2D eigenvalue weighted by Gasteiger charge is 2.32. The van der Waals surface area contributed by atoms with Crippen molar-refractivity contribution in [1.82, 2.24) is 4.90 Å². The minimum Gasteiger partial charge on any atom is -0.395 e. The van der Waals surface area contributed by atoms with E-state index in [1.807, 2.05) is 7.05 Å². The third-order valence-corrected chi connectivity index (χ3v) is 2.43. The summed E-state index contributed by atoms with van der Waals surface area (Å²) in [7, 11) is 2.03. The molecule has 0 bridgehead atoms. The van der Waals surface area contributed by atoms with Crippen LogP contribution < -0.4 is 5.73 Å². The monoisotopic (exact) mass is 158 g/mol. The highest BCUT2D eigenvalue weighted by atomic mass is 16.3. The van der Waals surface area contributed by atoms with Gasteiger partial charge in [0.15, 0.2) is 0 Å². The van der Waals surface area contributed by atoms with Crippen molar-refractivity contribution in [3.63, 3.8) is 0 Å². The summed E-state index contributed by atoms with van der Waals surface area (Å²) >= 11 is 0. The number of hydrogen-bond donors (Lipinski definition) is 2. The minimum atomic E-state index is 0.236. The Balaban J connectivity index is 2.27. The number of rotatable bonds is 5. The van der Waals surface area contributed by atoms with Crippen molar-refractivity contribution in [2.24, 2.45) is 11.7 Å². The van der Waals surface area contributed by atoms with Gasteiger partial charge in [0.2, 0.25) is 0 Å². The number of nitrogens with zero attached hydrogens (tertiary/aromatic N) is 1. The number of nitrogens with two attached hydrogens (primary N) is 1. The van der Waals surface area contributed by atoms with Crippen molar-refractivity contribution in [3.05, 3.63) is 0 Å². The molecular weight excluding hydrogens is 140 g/mol. The molecule has 1 aliphatic carbocycles. The van der Waals surface area contributed by atoms with Crippen molar-refractivity contribution in [1.29, 1.82) is 0 Å². The molecule has 0 aliphatic heterocycles. The van der Waals surface area contributed by atoms with E-state index in [1.54, 1.807) is 0 Å². The van der Waals surface area contributed by atoms with Crippen LogP contribution in [0, 0.1) is 5.92 Å². The van der Waals surface area contributed by atoms with Gasteiger partial charge in [0.05, 0.1) is 6.61 Å². The average molecular weight is 158 g/mol. The quantitative estimate of drug-likeness (QED) is 0.575. The zero-order chi connectivity index (χ0) is 8.27. The molecule has 0 spiro atoms. The van der Waals surface area contributed by atoms with E-state index in [2.05, 4.69) is 4.90 Å². The molecule has 11 heavy (non-hydrogen) atoms. The molecule has 1 fully saturated rings. The molecule has 3 heteroatoms. The van der Waals surface area contributed by atoms with E-state index < -0.39 is 0 Å². The lowest BCUT2D eigenvalue weighted by molar-refractivity contribution is 0.170. The lowest BCUT2D eigenvalue weighted by atomic mass is 10.1. The van der Waals surface area contributed by atoms with E-state index in [-0.39, 0.29) is 6.61 Å². The van der Waals surface area contributed by atoms with Gasteiger partial charge < -0.3 is 10.8 Å². The Bertz CT molecular complexity index is 115. The van der Waals surface area contributed by atoms with Gasteiger partial charge in [-0.3, -0.25) is 4.90 Å². The summed E-state index contributed by atoms with van der Waals surface area (Å²) in [5.41, 5.74) is 5.62. The Labute approximate surface area is 68.2 Å². The summed E-state index contributed by atoms with van der Waals surface area (Å²) in [6, 6.07) is 0.502. The van der Waals surface area contributed by atoms with Crippen molar-refractivity contribution >= 4 is 0 Å². The van der Waals surface area contributed by atoms with Crippen molar-refractivity contribution in [2.75, 3.05) is 26.7 Å². The maximum Gasteiger partial charge on any atom is 0.0558 e. The molecule has 66 valence electrons. The van der Waals surface area contributed by atoms with Gasteiger partial charge in [-0.2, -0.15) is 0 Å². The van der Waals surface area contributed by atoms with E-state index in [0.717, 1.165) is 19.0 Å². The highest BCUT2D eigenvalue weighted by Crippen LogP contribution is 2.34. The number of likely N-dealkylation sites (N-methyl/N-ethyl adjacent to an activating group) is 1. The Morgan fingerprint density at radius 1 is 1.64 bits per heavy atom. The maximum absolute atomic E-state index is 8.70. The van der Waals surface area contributed by atoms with E-state index in [0.29, 0.717) is 6.04 Å². The zero-order valence-electron chi connectivity index (χ0n) is 7.16.